The Kier molecular flexibility index (Phi) is 5.46. The van der Waals surface area contributed by atoms with Crippen molar-refractivity contribution in [2.45, 2.75) is 40.3 Å². The van der Waals surface area contributed by atoms with Crippen LogP contribution in [0.25, 0.3) is 0 Å². The highest BCUT2D eigenvalue weighted by Crippen LogP contribution is 2.23. The molecule has 0 bridgehead atoms. The lowest BCUT2D eigenvalue weighted by atomic mass is 10.2. The van der Waals surface area contributed by atoms with E-state index in [1.165, 1.54) is 6.07 Å². The van der Waals surface area contributed by atoms with Crippen molar-refractivity contribution in [1.29, 1.82) is 0 Å². The monoisotopic (exact) mass is 433 g/mol. The molecule has 0 spiro atoms. The Bertz CT molecular complexity index is 975. The Hall–Kier alpha value is -2.48. The van der Waals surface area contributed by atoms with E-state index >= 15 is 0 Å². The fourth-order valence-electron chi connectivity index (χ4n) is 2.83. The molecule has 0 aliphatic rings. The molecule has 1 atom stereocenters. The topological polar surface area (TPSA) is 64.7 Å². The van der Waals surface area contributed by atoms with E-state index in [9.17, 15) is 9.18 Å². The van der Waals surface area contributed by atoms with Crippen molar-refractivity contribution in [1.82, 2.24) is 19.6 Å². The summed E-state index contributed by atoms with van der Waals surface area (Å²) in [5, 5.41) is 11.7. The van der Waals surface area contributed by atoms with Gasteiger partial charge in [-0.1, -0.05) is 18.2 Å². The molecule has 3 rings (SSSR count). The smallest absolute Gasteiger partial charge is 0.249 e. The fourth-order valence-corrected chi connectivity index (χ4v) is 3.11. The quantitative estimate of drug-likeness (QED) is 0.656. The molecule has 1 amide bonds. The predicted octanol–water partition coefficient (Wildman–Crippen LogP) is 4.15. The molecule has 27 heavy (non-hydrogen) atoms. The van der Waals surface area contributed by atoms with Gasteiger partial charge in [-0.25, -0.2) is 4.39 Å². The molecule has 0 fully saturated rings. The van der Waals surface area contributed by atoms with Crippen molar-refractivity contribution in [3.05, 3.63) is 63.4 Å². The van der Waals surface area contributed by atoms with E-state index in [0.29, 0.717) is 23.5 Å². The minimum atomic E-state index is -0.483. The highest BCUT2D eigenvalue weighted by Gasteiger charge is 2.21. The van der Waals surface area contributed by atoms with Crippen molar-refractivity contribution in [3.8, 4) is 0 Å². The first-order valence-corrected chi connectivity index (χ1v) is 9.36. The summed E-state index contributed by atoms with van der Waals surface area (Å²) in [6, 6.07) is 6.12. The highest BCUT2D eigenvalue weighted by atomic mass is 79.9. The molecule has 1 unspecified atom stereocenters. The molecule has 3 aromatic rings. The summed E-state index contributed by atoms with van der Waals surface area (Å²) in [6.45, 7) is 7.63. The molecule has 1 N–H and O–H groups in total. The number of carbonyl (C=O) groups is 1. The Balaban J connectivity index is 1.80. The lowest BCUT2D eigenvalue weighted by molar-refractivity contribution is -0.119. The lowest BCUT2D eigenvalue weighted by Crippen LogP contribution is -2.24. The summed E-state index contributed by atoms with van der Waals surface area (Å²) in [5.41, 5.74) is 3.47. The maximum Gasteiger partial charge on any atom is 0.249 e. The highest BCUT2D eigenvalue weighted by molar-refractivity contribution is 9.10. The van der Waals surface area contributed by atoms with Crippen LogP contribution in [0.3, 0.4) is 0 Å². The first-order valence-electron chi connectivity index (χ1n) is 8.57. The minimum Gasteiger partial charge on any atom is -0.321 e. The van der Waals surface area contributed by atoms with Crippen LogP contribution in [0.1, 0.15) is 35.6 Å². The van der Waals surface area contributed by atoms with E-state index in [4.69, 9.17) is 0 Å². The third-order valence-electron chi connectivity index (χ3n) is 4.54. The summed E-state index contributed by atoms with van der Waals surface area (Å²) in [7, 11) is 0. The van der Waals surface area contributed by atoms with Gasteiger partial charge in [0.2, 0.25) is 5.91 Å². The van der Waals surface area contributed by atoms with Crippen molar-refractivity contribution in [3.63, 3.8) is 0 Å². The third-order valence-corrected chi connectivity index (χ3v) is 5.32. The van der Waals surface area contributed by atoms with Gasteiger partial charge in [-0.2, -0.15) is 10.2 Å². The number of nitrogens with zero attached hydrogens (tertiary/aromatic N) is 4. The van der Waals surface area contributed by atoms with Gasteiger partial charge in [-0.15, -0.1) is 0 Å². The predicted molar refractivity (Wildman–Crippen MR) is 105 cm³/mol. The third kappa shape index (κ3) is 3.95. The molecular formula is C19H21BrFN5O. The number of benzene rings is 1. The number of rotatable bonds is 5. The maximum absolute atomic E-state index is 13.9. The van der Waals surface area contributed by atoms with E-state index < -0.39 is 6.04 Å². The van der Waals surface area contributed by atoms with E-state index in [1.807, 2.05) is 20.8 Å². The number of aromatic nitrogens is 4. The molecule has 2 heterocycles. The summed E-state index contributed by atoms with van der Waals surface area (Å²) >= 11 is 3.41. The van der Waals surface area contributed by atoms with Crippen LogP contribution >= 0.6 is 15.9 Å². The van der Waals surface area contributed by atoms with E-state index in [-0.39, 0.29) is 11.7 Å². The van der Waals surface area contributed by atoms with Crippen molar-refractivity contribution >= 4 is 27.5 Å². The molecule has 6 nitrogen and oxygen atoms in total. The first-order chi connectivity index (χ1) is 12.8. The van der Waals surface area contributed by atoms with Gasteiger partial charge >= 0.3 is 0 Å². The molecule has 0 saturated heterocycles. The van der Waals surface area contributed by atoms with Gasteiger partial charge in [-0.3, -0.25) is 14.2 Å². The summed E-state index contributed by atoms with van der Waals surface area (Å²) in [5.74, 6) is -0.467. The molecule has 0 aliphatic carbocycles. The Morgan fingerprint density at radius 2 is 1.93 bits per heavy atom. The van der Waals surface area contributed by atoms with Crippen LogP contribution in [0.2, 0.25) is 0 Å². The van der Waals surface area contributed by atoms with Crippen LogP contribution in [-0.4, -0.2) is 25.5 Å². The SMILES string of the molecule is Cc1nn(C(C)C(=O)Nc2c(C)nn(Cc3ccccc3F)c2C)cc1Br. The van der Waals surface area contributed by atoms with Crippen LogP contribution in [0, 0.1) is 26.6 Å². The zero-order chi connectivity index (χ0) is 19.7. The van der Waals surface area contributed by atoms with Gasteiger partial charge < -0.3 is 5.32 Å². The lowest BCUT2D eigenvalue weighted by Gasteiger charge is -2.13. The average Bonchev–Trinajstić information content (AvgIpc) is 3.10. The summed E-state index contributed by atoms with van der Waals surface area (Å²) in [6.07, 6.45) is 1.78. The van der Waals surface area contributed by atoms with Crippen molar-refractivity contribution < 1.29 is 9.18 Å². The van der Waals surface area contributed by atoms with Gasteiger partial charge in [0.25, 0.3) is 0 Å². The standard InChI is InChI=1S/C19H21BrFN5O/c1-11-16(20)10-26(23-11)14(4)19(27)22-18-12(2)24-25(13(18)3)9-15-7-5-6-8-17(15)21/h5-8,10,14H,9H2,1-4H3,(H,22,27). The van der Waals surface area contributed by atoms with Gasteiger partial charge in [0, 0.05) is 11.8 Å². The fraction of sp³-hybridized carbons (Fsp3) is 0.316. The molecule has 142 valence electrons. The summed E-state index contributed by atoms with van der Waals surface area (Å²) in [4.78, 5) is 12.7. The normalized spacial score (nSPS) is 12.2. The Morgan fingerprint density at radius 1 is 1.22 bits per heavy atom. The Labute approximate surface area is 165 Å². The molecule has 2 aromatic heterocycles. The average molecular weight is 434 g/mol. The molecule has 0 aliphatic heterocycles. The first kappa shape index (κ1) is 19.3. The van der Waals surface area contributed by atoms with Crippen molar-refractivity contribution in [2.75, 3.05) is 5.32 Å². The van der Waals surface area contributed by atoms with E-state index in [2.05, 4.69) is 31.4 Å². The van der Waals surface area contributed by atoms with Gasteiger partial charge in [0.15, 0.2) is 0 Å². The largest absolute Gasteiger partial charge is 0.321 e. The van der Waals surface area contributed by atoms with Crippen LogP contribution < -0.4 is 5.32 Å². The molecule has 0 radical (unpaired) electrons. The van der Waals surface area contributed by atoms with Crippen LogP contribution in [-0.2, 0) is 11.3 Å². The second-order valence-corrected chi connectivity index (χ2v) is 7.36. The van der Waals surface area contributed by atoms with Crippen molar-refractivity contribution in [2.24, 2.45) is 0 Å². The van der Waals surface area contributed by atoms with Gasteiger partial charge in [-0.05, 0) is 49.7 Å². The zero-order valence-corrected chi connectivity index (χ0v) is 17.2. The molecular weight excluding hydrogens is 413 g/mol. The van der Waals surface area contributed by atoms with Gasteiger partial charge in [0.05, 0.1) is 33.8 Å². The van der Waals surface area contributed by atoms with Crippen LogP contribution in [0.5, 0.6) is 0 Å². The number of nitrogens with one attached hydrogen (secondary N) is 1. The molecule has 1 aromatic carbocycles. The van der Waals surface area contributed by atoms with E-state index in [0.717, 1.165) is 15.9 Å². The minimum absolute atomic E-state index is 0.193. The number of amides is 1. The van der Waals surface area contributed by atoms with Gasteiger partial charge in [0.1, 0.15) is 11.9 Å². The number of halogens is 2. The zero-order valence-electron chi connectivity index (χ0n) is 15.6. The number of aryl methyl sites for hydroxylation is 2. The van der Waals surface area contributed by atoms with Crippen LogP contribution in [0.15, 0.2) is 34.9 Å². The second-order valence-electron chi connectivity index (χ2n) is 6.50. The molecule has 8 heteroatoms. The molecule has 0 saturated carbocycles. The van der Waals surface area contributed by atoms with E-state index in [1.54, 1.807) is 40.7 Å². The second kappa shape index (κ2) is 7.64. The maximum atomic E-state index is 13.9. The Morgan fingerprint density at radius 3 is 2.56 bits per heavy atom. The number of carbonyl (C=O) groups excluding carboxylic acids is 1. The summed E-state index contributed by atoms with van der Waals surface area (Å²) < 4.78 is 18.1. The van der Waals surface area contributed by atoms with Crippen LogP contribution in [0.4, 0.5) is 10.1 Å². The number of hydrogen-bond acceptors (Lipinski definition) is 3. The number of hydrogen-bond donors (Lipinski definition) is 1. The number of anilines is 1.